The third-order valence-electron chi connectivity index (χ3n) is 14.4. The number of rotatable bonds is 11. The normalized spacial score (nSPS) is 25.2. The number of hydrogen-bond donors (Lipinski definition) is 4. The molecule has 4 amide bonds. The van der Waals surface area contributed by atoms with Gasteiger partial charge in [0.15, 0.2) is 0 Å². The number of nitrogens with zero attached hydrogens (tertiary/aromatic N) is 5. The Bertz CT molecular complexity index is 2440. The molecule has 66 heavy (non-hydrogen) atoms. The first-order valence-electron chi connectivity index (χ1n) is 23.2. The predicted octanol–water partition coefficient (Wildman–Crippen LogP) is 6.51. The molecular weight excluding hydrogens is 850 g/mol. The highest BCUT2D eigenvalue weighted by Crippen LogP contribution is 2.48. The zero-order chi connectivity index (χ0) is 45.5. The van der Waals surface area contributed by atoms with Crippen LogP contribution in [0.15, 0.2) is 60.7 Å². The maximum Gasteiger partial charge on any atom is 0.407 e. The number of H-pyrrole nitrogens is 2. The number of likely N-dealkylation sites (tertiary alicyclic amines) is 2. The van der Waals surface area contributed by atoms with Crippen LogP contribution in [0.5, 0.6) is 0 Å². The highest BCUT2D eigenvalue weighted by Gasteiger charge is 2.43. The molecule has 5 saturated heterocycles. The monoisotopic (exact) mass is 905 g/mol. The van der Waals surface area contributed by atoms with Crippen LogP contribution in [-0.4, -0.2) is 120 Å². The molecule has 10 rings (SSSR count). The van der Waals surface area contributed by atoms with Gasteiger partial charge in [-0.3, -0.25) is 9.59 Å². The number of fused-ring (bicyclic) bond motifs is 2. The van der Waals surface area contributed by atoms with E-state index in [1.807, 2.05) is 34.1 Å². The zero-order valence-electron chi connectivity index (χ0n) is 37.2. The molecule has 2 aromatic heterocycles. The van der Waals surface area contributed by atoms with Gasteiger partial charge in [0.1, 0.15) is 29.5 Å². The minimum Gasteiger partial charge on any atom is -0.453 e. The smallest absolute Gasteiger partial charge is 0.407 e. The number of carbonyl (C=O) groups excluding carboxylic acids is 4. The van der Waals surface area contributed by atoms with Gasteiger partial charge >= 0.3 is 12.2 Å². The van der Waals surface area contributed by atoms with Crippen LogP contribution in [0.4, 0.5) is 19.7 Å². The molecule has 18 heteroatoms. The zero-order valence-corrected chi connectivity index (χ0v) is 37.2. The number of alkyl carbamates (subject to hydrolysis) is 2. The summed E-state index contributed by atoms with van der Waals surface area (Å²) in [5, 5.41) is 5.56. The largest absolute Gasteiger partial charge is 0.453 e. The van der Waals surface area contributed by atoms with E-state index in [9.17, 15) is 23.6 Å². The Labute approximate surface area is 381 Å². The van der Waals surface area contributed by atoms with E-state index in [4.69, 9.17) is 28.9 Å². The average molecular weight is 906 g/mol. The lowest BCUT2D eigenvalue weighted by molar-refractivity contribution is -0.136. The summed E-state index contributed by atoms with van der Waals surface area (Å²) in [7, 11) is 2.58. The Kier molecular flexibility index (Phi) is 12.3. The van der Waals surface area contributed by atoms with Gasteiger partial charge in [0.05, 0.1) is 73.7 Å². The van der Waals surface area contributed by atoms with E-state index in [-0.39, 0.29) is 53.6 Å². The third-order valence-corrected chi connectivity index (χ3v) is 14.4. The number of carbonyl (C=O) groups is 4. The number of methoxy groups -OCH3 is 2. The molecule has 4 N–H and O–H groups in total. The maximum absolute atomic E-state index is 14.4. The van der Waals surface area contributed by atoms with Gasteiger partial charge in [0.25, 0.3) is 0 Å². The molecule has 5 aliphatic rings. The summed E-state index contributed by atoms with van der Waals surface area (Å²) in [5.74, 6) is 0.459. The summed E-state index contributed by atoms with van der Waals surface area (Å²) in [6, 6.07) is 17.0. The van der Waals surface area contributed by atoms with Gasteiger partial charge in [-0.1, -0.05) is 12.1 Å². The second kappa shape index (κ2) is 18.5. The van der Waals surface area contributed by atoms with Gasteiger partial charge in [-0.2, -0.15) is 0 Å². The van der Waals surface area contributed by atoms with E-state index in [2.05, 4.69) is 49.8 Å². The van der Waals surface area contributed by atoms with Crippen LogP contribution >= 0.6 is 0 Å². The summed E-state index contributed by atoms with van der Waals surface area (Å²) in [6.07, 6.45) is 4.78. The molecule has 5 fully saturated rings. The Balaban J connectivity index is 0.907. The van der Waals surface area contributed by atoms with Gasteiger partial charge in [-0.05, 0) is 111 Å². The summed E-state index contributed by atoms with van der Waals surface area (Å²) >= 11 is 0. The number of imidazole rings is 2. The van der Waals surface area contributed by atoms with Crippen molar-refractivity contribution < 1.29 is 42.5 Å². The molecule has 0 bridgehead atoms. The van der Waals surface area contributed by atoms with Crippen molar-refractivity contribution >= 4 is 51.8 Å². The number of ether oxygens (including phenoxy) is 4. The van der Waals surface area contributed by atoms with Crippen LogP contribution in [0.1, 0.15) is 98.3 Å². The topological polar surface area (TPSA) is 196 Å². The molecule has 0 spiro atoms. The lowest BCUT2D eigenvalue weighted by Gasteiger charge is -2.33. The number of halogens is 1. The molecule has 0 radical (unpaired) electrons. The molecule has 5 aromatic rings. The highest BCUT2D eigenvalue weighted by atomic mass is 19.1. The molecule has 0 saturated carbocycles. The van der Waals surface area contributed by atoms with Gasteiger partial charge in [-0.15, -0.1) is 0 Å². The van der Waals surface area contributed by atoms with Crippen LogP contribution in [-0.2, 0) is 28.5 Å². The molecule has 8 atom stereocenters. The first-order valence-corrected chi connectivity index (χ1v) is 23.2. The van der Waals surface area contributed by atoms with E-state index in [1.54, 1.807) is 0 Å². The number of nitrogens with one attached hydrogen (secondary N) is 4. The summed E-state index contributed by atoms with van der Waals surface area (Å²) in [5.41, 5.74) is 6.33. The summed E-state index contributed by atoms with van der Waals surface area (Å²) in [6.45, 7) is 2.95. The Morgan fingerprint density at radius 2 is 1.12 bits per heavy atom. The molecule has 7 heterocycles. The third kappa shape index (κ3) is 8.40. The Hall–Kier alpha value is -6.27. The van der Waals surface area contributed by atoms with Crippen molar-refractivity contribution in [1.82, 2.24) is 40.4 Å². The fourth-order valence-electron chi connectivity index (χ4n) is 11.0. The van der Waals surface area contributed by atoms with Gasteiger partial charge < -0.3 is 54.2 Å². The van der Waals surface area contributed by atoms with E-state index in [0.29, 0.717) is 64.0 Å². The molecule has 17 nitrogen and oxygen atoms in total. The van der Waals surface area contributed by atoms with Gasteiger partial charge in [0.2, 0.25) is 11.8 Å². The molecular formula is C48H56FN9O8. The quantitative estimate of drug-likeness (QED) is 0.113. The highest BCUT2D eigenvalue weighted by molar-refractivity contribution is 5.88. The fraction of sp³-hybridized carbons (Fsp3) is 0.500. The van der Waals surface area contributed by atoms with Crippen LogP contribution < -0.4 is 15.5 Å². The number of benzene rings is 3. The maximum atomic E-state index is 14.4. The van der Waals surface area contributed by atoms with Gasteiger partial charge in [0, 0.05) is 43.8 Å². The first-order chi connectivity index (χ1) is 32.2. The standard InChI is InChI=1S/C48H56FN9O8/c1-63-47(61)54-41(29-17-21-65-25-29)45(59)56-19-3-5-39(56)43-50-33-13-7-27(23-35(33)52-43)37-15-16-38(58(37)32-11-9-31(49)10-12-32)28-8-14-34-36(24-28)53-44(51-34)40-6-4-20-57(40)46(60)42(55-48(62)64-2)30-18-22-66-26-30/h7-14,23-24,29-30,37-42H,3-6,15-22,25-26H2,1-2H3,(H,50,52)(H,51,53)(H,54,61)(H,55,62). The van der Waals surface area contributed by atoms with Crippen molar-refractivity contribution in [3.8, 4) is 0 Å². The molecule has 348 valence electrons. The number of hydrogen-bond acceptors (Lipinski definition) is 11. The number of anilines is 1. The van der Waals surface area contributed by atoms with Crippen molar-refractivity contribution in [3.63, 3.8) is 0 Å². The van der Waals surface area contributed by atoms with Crippen molar-refractivity contribution in [1.29, 1.82) is 0 Å². The number of aromatic nitrogens is 4. The fourth-order valence-corrected chi connectivity index (χ4v) is 11.0. The van der Waals surface area contributed by atoms with Crippen molar-refractivity contribution in [2.45, 2.75) is 87.6 Å². The van der Waals surface area contributed by atoms with Crippen molar-refractivity contribution in [2.75, 3.05) is 58.6 Å². The van der Waals surface area contributed by atoms with E-state index < -0.39 is 24.3 Å². The predicted molar refractivity (Wildman–Crippen MR) is 240 cm³/mol. The first kappa shape index (κ1) is 43.6. The SMILES string of the molecule is COC(=O)NC(C(=O)N1CCCC1c1nc2ccc(C3CCC(c4ccc5nc(C6CCCN6C(=O)C(NC(=O)OC)C6CCOC6)[nH]c5c4)N3c3ccc(F)cc3)cc2[nH]1)C1CCOC1. The van der Waals surface area contributed by atoms with Crippen LogP contribution in [0.25, 0.3) is 22.1 Å². The second-order valence-electron chi connectivity index (χ2n) is 18.1. The minimum absolute atomic E-state index is 0.0529. The molecule has 8 unspecified atom stereocenters. The number of aromatic amines is 2. The lowest BCUT2D eigenvalue weighted by Crippen LogP contribution is -2.52. The summed E-state index contributed by atoms with van der Waals surface area (Å²) < 4.78 is 35.3. The molecule has 3 aromatic carbocycles. The van der Waals surface area contributed by atoms with E-state index in [0.717, 1.165) is 77.4 Å². The lowest BCUT2D eigenvalue weighted by atomic mass is 9.97. The van der Waals surface area contributed by atoms with Crippen molar-refractivity contribution in [3.05, 3.63) is 89.3 Å². The van der Waals surface area contributed by atoms with Crippen LogP contribution in [0.2, 0.25) is 0 Å². The molecule has 0 aliphatic carbocycles. The van der Waals surface area contributed by atoms with E-state index in [1.165, 1.54) is 26.4 Å². The molecule has 5 aliphatic heterocycles. The van der Waals surface area contributed by atoms with Crippen LogP contribution in [0.3, 0.4) is 0 Å². The van der Waals surface area contributed by atoms with Crippen molar-refractivity contribution in [2.24, 2.45) is 11.8 Å². The Morgan fingerprint density at radius 3 is 1.55 bits per heavy atom. The average Bonchev–Trinajstić information content (AvgIpc) is 4.19. The van der Waals surface area contributed by atoms with E-state index >= 15 is 0 Å². The minimum atomic E-state index is -0.762. The number of amides is 4. The van der Waals surface area contributed by atoms with Crippen LogP contribution in [0, 0.1) is 17.7 Å². The summed E-state index contributed by atoms with van der Waals surface area (Å²) in [4.78, 5) is 76.0. The van der Waals surface area contributed by atoms with Gasteiger partial charge in [-0.25, -0.2) is 23.9 Å². The Morgan fingerprint density at radius 1 is 0.652 bits per heavy atom. The second-order valence-corrected chi connectivity index (χ2v) is 18.1.